The lowest BCUT2D eigenvalue weighted by Gasteiger charge is -2.37. The molecule has 8 nitrogen and oxygen atoms in total. The minimum Gasteiger partial charge on any atom is -0.483 e. The predicted octanol–water partition coefficient (Wildman–Crippen LogP) is 5.56. The summed E-state index contributed by atoms with van der Waals surface area (Å²) in [6.45, 7) is 8.58. The van der Waals surface area contributed by atoms with Crippen LogP contribution in [0.2, 0.25) is 0 Å². The molecule has 0 spiro atoms. The second-order valence-electron chi connectivity index (χ2n) is 13.0. The minimum absolute atomic E-state index is 0.0815. The topological polar surface area (TPSA) is 108 Å². The van der Waals surface area contributed by atoms with Gasteiger partial charge >= 0.3 is 6.03 Å². The molecule has 3 aromatic carbocycles. The van der Waals surface area contributed by atoms with Gasteiger partial charge in [0.25, 0.3) is 5.91 Å². The summed E-state index contributed by atoms with van der Waals surface area (Å²) < 4.78 is 19.6. The maximum Gasteiger partial charge on any atom is 0.318 e. The molecule has 1 heterocycles. The molecule has 1 fully saturated rings. The van der Waals surface area contributed by atoms with Gasteiger partial charge in [-0.25, -0.2) is 9.18 Å². The number of halogens is 1. The minimum atomic E-state index is -1.01. The molecule has 0 aromatic heterocycles. The first-order chi connectivity index (χ1) is 22.5. The van der Waals surface area contributed by atoms with E-state index < -0.39 is 18.2 Å². The fourth-order valence-electron chi connectivity index (χ4n) is 6.49. The van der Waals surface area contributed by atoms with Gasteiger partial charge in [-0.3, -0.25) is 9.59 Å². The summed E-state index contributed by atoms with van der Waals surface area (Å²) in [6.07, 6.45) is 0.860. The number of rotatable bonds is 16. The van der Waals surface area contributed by atoms with Crippen molar-refractivity contribution in [2.75, 3.05) is 19.7 Å². The van der Waals surface area contributed by atoms with E-state index in [2.05, 4.69) is 10.6 Å². The van der Waals surface area contributed by atoms with Crippen LogP contribution < -0.4 is 15.4 Å². The molecular weight excluding hydrogens is 597 g/mol. The Balaban J connectivity index is 1.54. The van der Waals surface area contributed by atoms with Crippen LogP contribution in [-0.2, 0) is 22.4 Å². The van der Waals surface area contributed by atoms with Gasteiger partial charge in [-0.1, -0.05) is 74.5 Å². The van der Waals surface area contributed by atoms with Crippen LogP contribution in [0.25, 0.3) is 0 Å². The number of ether oxygens (including phenoxy) is 1. The number of para-hydroxylation sites is 1. The van der Waals surface area contributed by atoms with Crippen molar-refractivity contribution in [1.82, 2.24) is 15.5 Å². The SMILES string of the molecule is Cc1cccc(C)c1OCC(=O)N[C@@H](Cc1ccccc1)[C@@H](O)C[C@@H](CC(=O)[C@H](C(C)C)N1CCCNC1=O)Cc1ccc(F)cc1. The molecule has 1 aliphatic heterocycles. The van der Waals surface area contributed by atoms with Gasteiger partial charge in [0.15, 0.2) is 12.4 Å². The van der Waals surface area contributed by atoms with Crippen LogP contribution in [0, 0.1) is 31.5 Å². The summed E-state index contributed by atoms with van der Waals surface area (Å²) >= 11 is 0. The van der Waals surface area contributed by atoms with Crippen molar-refractivity contribution in [2.24, 2.45) is 11.8 Å². The number of ketones is 1. The van der Waals surface area contributed by atoms with Gasteiger partial charge in [0.2, 0.25) is 0 Å². The smallest absolute Gasteiger partial charge is 0.318 e. The summed E-state index contributed by atoms with van der Waals surface area (Å²) in [5.74, 6) is -0.589. The van der Waals surface area contributed by atoms with Crippen molar-refractivity contribution in [3.63, 3.8) is 0 Å². The first kappa shape index (κ1) is 35.6. The zero-order chi connectivity index (χ0) is 33.9. The van der Waals surface area contributed by atoms with Gasteiger partial charge in [-0.05, 0) is 85.8 Å². The number of amides is 3. The molecule has 1 aliphatic rings. The number of nitrogens with one attached hydrogen (secondary N) is 2. The molecule has 0 bridgehead atoms. The number of carbonyl (C=O) groups is 3. The molecule has 0 aliphatic carbocycles. The number of aryl methyl sites for hydroxylation is 2. The van der Waals surface area contributed by atoms with E-state index in [1.807, 2.05) is 76.2 Å². The van der Waals surface area contributed by atoms with Crippen LogP contribution >= 0.6 is 0 Å². The lowest BCUT2D eigenvalue weighted by molar-refractivity contribution is -0.127. The van der Waals surface area contributed by atoms with Crippen molar-refractivity contribution in [1.29, 1.82) is 0 Å². The molecular formula is C38H48FN3O5. The Bertz CT molecular complexity index is 1460. The van der Waals surface area contributed by atoms with Crippen LogP contribution in [0.1, 0.15) is 55.4 Å². The highest BCUT2D eigenvalue weighted by atomic mass is 19.1. The second-order valence-corrected chi connectivity index (χ2v) is 13.0. The largest absolute Gasteiger partial charge is 0.483 e. The molecule has 3 aromatic rings. The Labute approximate surface area is 277 Å². The highest BCUT2D eigenvalue weighted by molar-refractivity contribution is 5.89. The van der Waals surface area contributed by atoms with Crippen molar-refractivity contribution in [3.8, 4) is 5.75 Å². The van der Waals surface area contributed by atoms with Gasteiger partial charge in [0.1, 0.15) is 11.6 Å². The van der Waals surface area contributed by atoms with Crippen LogP contribution in [0.4, 0.5) is 9.18 Å². The quantitative estimate of drug-likeness (QED) is 0.189. The van der Waals surface area contributed by atoms with Gasteiger partial charge in [-0.15, -0.1) is 0 Å². The summed E-state index contributed by atoms with van der Waals surface area (Å²) in [6, 6.07) is 20.0. The fraction of sp³-hybridized carbons (Fsp3) is 0.447. The number of Topliss-reactive ketones (excluding diaryl/α,β-unsaturated/α-hetero) is 1. The maximum absolute atomic E-state index is 13.9. The molecule has 252 valence electrons. The average molecular weight is 646 g/mol. The summed E-state index contributed by atoms with van der Waals surface area (Å²) in [7, 11) is 0. The fourth-order valence-corrected chi connectivity index (χ4v) is 6.49. The number of hydrogen-bond donors (Lipinski definition) is 3. The third-order valence-electron chi connectivity index (χ3n) is 8.78. The maximum atomic E-state index is 13.9. The standard InChI is InChI=1S/C38H48FN3O5/c1-25(2)36(42-19-9-18-40-38(42)46)34(44)23-30(20-29-14-16-31(39)17-15-29)22-33(43)32(21-28-12-6-5-7-13-28)41-35(45)24-47-37-26(3)10-8-11-27(37)4/h5-8,10-17,25,30,32-33,36,43H,9,18-24H2,1-4H3,(H,40,46)(H,41,45)/t30-,32-,33-,36-/m0/s1. The van der Waals surface area contributed by atoms with Gasteiger partial charge in [0.05, 0.1) is 18.2 Å². The Morgan fingerprint density at radius 2 is 1.62 bits per heavy atom. The molecule has 4 atom stereocenters. The van der Waals surface area contributed by atoms with E-state index in [1.165, 1.54) is 12.1 Å². The van der Waals surface area contributed by atoms with E-state index in [1.54, 1.807) is 17.0 Å². The van der Waals surface area contributed by atoms with E-state index >= 15 is 0 Å². The van der Waals surface area contributed by atoms with Crippen LogP contribution in [0.3, 0.4) is 0 Å². The number of aliphatic hydroxyl groups is 1. The summed E-state index contributed by atoms with van der Waals surface area (Å²) in [4.78, 5) is 41.5. The van der Waals surface area contributed by atoms with E-state index in [0.717, 1.165) is 28.7 Å². The first-order valence-electron chi connectivity index (χ1n) is 16.5. The average Bonchev–Trinajstić information content (AvgIpc) is 3.03. The summed E-state index contributed by atoms with van der Waals surface area (Å²) in [5, 5.41) is 17.6. The van der Waals surface area contributed by atoms with Crippen molar-refractivity contribution in [2.45, 2.75) is 78.0 Å². The van der Waals surface area contributed by atoms with E-state index in [-0.39, 0.29) is 54.8 Å². The monoisotopic (exact) mass is 645 g/mol. The first-order valence-corrected chi connectivity index (χ1v) is 16.5. The van der Waals surface area contributed by atoms with Crippen molar-refractivity contribution >= 4 is 17.7 Å². The second kappa shape index (κ2) is 17.1. The lowest BCUT2D eigenvalue weighted by Crippen LogP contribution is -2.55. The number of benzene rings is 3. The molecule has 0 radical (unpaired) electrons. The Morgan fingerprint density at radius 3 is 2.26 bits per heavy atom. The number of urea groups is 1. The van der Waals surface area contributed by atoms with E-state index in [4.69, 9.17) is 4.74 Å². The third-order valence-corrected chi connectivity index (χ3v) is 8.78. The zero-order valence-corrected chi connectivity index (χ0v) is 27.9. The highest BCUT2D eigenvalue weighted by Crippen LogP contribution is 2.26. The Hall–Kier alpha value is -4.24. The molecule has 0 saturated carbocycles. The number of aliphatic hydroxyl groups excluding tert-OH is 1. The third kappa shape index (κ3) is 10.4. The van der Waals surface area contributed by atoms with Crippen LogP contribution in [-0.4, -0.2) is 65.6 Å². The zero-order valence-electron chi connectivity index (χ0n) is 27.9. The number of nitrogens with zero attached hydrogens (tertiary/aromatic N) is 1. The van der Waals surface area contributed by atoms with Crippen molar-refractivity contribution < 1.29 is 28.6 Å². The molecule has 3 N–H and O–H groups in total. The molecule has 0 unspecified atom stereocenters. The normalized spacial score (nSPS) is 15.8. The van der Waals surface area contributed by atoms with Gasteiger partial charge < -0.3 is 25.4 Å². The lowest BCUT2D eigenvalue weighted by atomic mass is 9.83. The van der Waals surface area contributed by atoms with Crippen LogP contribution in [0.5, 0.6) is 5.75 Å². The van der Waals surface area contributed by atoms with Crippen LogP contribution in [0.15, 0.2) is 72.8 Å². The molecule has 4 rings (SSSR count). The summed E-state index contributed by atoms with van der Waals surface area (Å²) in [5.41, 5.74) is 3.62. The van der Waals surface area contributed by atoms with Gasteiger partial charge in [-0.2, -0.15) is 0 Å². The number of carbonyl (C=O) groups excluding carboxylic acids is 3. The van der Waals surface area contributed by atoms with Gasteiger partial charge in [0, 0.05) is 19.5 Å². The molecule has 1 saturated heterocycles. The van der Waals surface area contributed by atoms with Crippen molar-refractivity contribution in [3.05, 3.63) is 101 Å². The molecule has 9 heteroatoms. The molecule has 3 amide bonds. The highest BCUT2D eigenvalue weighted by Gasteiger charge is 2.35. The predicted molar refractivity (Wildman–Crippen MR) is 181 cm³/mol. The van der Waals surface area contributed by atoms with E-state index in [0.29, 0.717) is 31.7 Å². The Morgan fingerprint density at radius 1 is 0.957 bits per heavy atom. The number of hydrogen-bond acceptors (Lipinski definition) is 5. The Kier molecular flexibility index (Phi) is 12.9. The molecule has 47 heavy (non-hydrogen) atoms. The van der Waals surface area contributed by atoms with E-state index in [9.17, 15) is 23.9 Å².